The van der Waals surface area contributed by atoms with Gasteiger partial charge in [0.15, 0.2) is 5.65 Å². The first kappa shape index (κ1) is 13.2. The van der Waals surface area contributed by atoms with E-state index in [9.17, 15) is 0 Å². The van der Waals surface area contributed by atoms with Crippen LogP contribution in [0.4, 0.5) is 0 Å². The second-order valence-corrected chi connectivity index (χ2v) is 6.53. The summed E-state index contributed by atoms with van der Waals surface area (Å²) < 4.78 is 1.80. The highest BCUT2D eigenvalue weighted by Crippen LogP contribution is 2.31. The van der Waals surface area contributed by atoms with E-state index in [4.69, 9.17) is 4.99 Å². The molecule has 1 aromatic carbocycles. The van der Waals surface area contributed by atoms with Crippen molar-refractivity contribution in [2.45, 2.75) is 32.7 Å². The Morgan fingerprint density at radius 2 is 2.05 bits per heavy atom. The molecule has 4 rings (SSSR count). The lowest BCUT2D eigenvalue weighted by molar-refractivity contribution is 0.512. The van der Waals surface area contributed by atoms with E-state index in [-0.39, 0.29) is 5.54 Å². The Morgan fingerprint density at radius 3 is 2.91 bits per heavy atom. The van der Waals surface area contributed by atoms with E-state index >= 15 is 0 Å². The Kier molecular flexibility index (Phi) is 2.70. The summed E-state index contributed by atoms with van der Waals surface area (Å²) in [5.41, 5.74) is 6.70. The molecule has 110 valence electrons. The number of hydrogen-bond donors (Lipinski definition) is 0. The fraction of sp³-hybridized carbons (Fsp3) is 0.278. The summed E-state index contributed by atoms with van der Waals surface area (Å²) >= 11 is 0. The summed E-state index contributed by atoms with van der Waals surface area (Å²) in [7, 11) is 0. The summed E-state index contributed by atoms with van der Waals surface area (Å²) in [6, 6.07) is 8.33. The van der Waals surface area contributed by atoms with Crippen LogP contribution >= 0.6 is 0 Å². The maximum atomic E-state index is 4.99. The van der Waals surface area contributed by atoms with Crippen LogP contribution in [0, 0.1) is 6.92 Å². The molecule has 0 aliphatic carbocycles. The van der Waals surface area contributed by atoms with E-state index in [2.05, 4.69) is 49.1 Å². The minimum absolute atomic E-state index is 0.104. The highest BCUT2D eigenvalue weighted by Gasteiger charge is 2.28. The average molecular weight is 290 g/mol. The Balaban J connectivity index is 1.96. The third-order valence-corrected chi connectivity index (χ3v) is 4.21. The van der Waals surface area contributed by atoms with Crippen LogP contribution in [-0.4, -0.2) is 25.8 Å². The molecule has 22 heavy (non-hydrogen) atoms. The molecule has 0 unspecified atom stereocenters. The molecular formula is C18H18N4. The van der Waals surface area contributed by atoms with Crippen molar-refractivity contribution in [3.05, 3.63) is 65.1 Å². The van der Waals surface area contributed by atoms with Crippen molar-refractivity contribution < 1.29 is 0 Å². The van der Waals surface area contributed by atoms with E-state index in [1.54, 1.807) is 10.7 Å². The molecule has 0 atom stereocenters. The van der Waals surface area contributed by atoms with Crippen molar-refractivity contribution in [1.82, 2.24) is 14.6 Å². The number of aryl methyl sites for hydroxylation is 1. The summed E-state index contributed by atoms with van der Waals surface area (Å²) in [5, 5.41) is 4.28. The largest absolute Gasteiger partial charge is 0.278 e. The lowest BCUT2D eigenvalue weighted by Gasteiger charge is -2.30. The SMILES string of the molecule is Cc1cccc2c1CC(C)(C)N=C2c1cnc2ccnn2c1. The third-order valence-electron chi connectivity index (χ3n) is 4.21. The Hall–Kier alpha value is -2.49. The van der Waals surface area contributed by atoms with Gasteiger partial charge in [0.1, 0.15) is 0 Å². The van der Waals surface area contributed by atoms with Gasteiger partial charge in [0, 0.05) is 29.6 Å². The van der Waals surface area contributed by atoms with Gasteiger partial charge in [-0.05, 0) is 38.3 Å². The zero-order valence-corrected chi connectivity index (χ0v) is 13.0. The molecule has 0 radical (unpaired) electrons. The maximum Gasteiger partial charge on any atom is 0.154 e. The smallest absolute Gasteiger partial charge is 0.154 e. The van der Waals surface area contributed by atoms with Gasteiger partial charge < -0.3 is 0 Å². The molecule has 0 saturated heterocycles. The van der Waals surface area contributed by atoms with Gasteiger partial charge >= 0.3 is 0 Å². The second-order valence-electron chi connectivity index (χ2n) is 6.53. The normalized spacial score (nSPS) is 16.4. The average Bonchev–Trinajstić information content (AvgIpc) is 2.94. The van der Waals surface area contributed by atoms with Crippen LogP contribution in [0.1, 0.15) is 36.1 Å². The van der Waals surface area contributed by atoms with Crippen LogP contribution in [0.2, 0.25) is 0 Å². The topological polar surface area (TPSA) is 42.5 Å². The van der Waals surface area contributed by atoms with E-state index in [1.165, 1.54) is 16.7 Å². The third kappa shape index (κ3) is 2.03. The molecule has 0 saturated carbocycles. The zero-order valence-electron chi connectivity index (χ0n) is 13.0. The van der Waals surface area contributed by atoms with Crippen LogP contribution in [-0.2, 0) is 6.42 Å². The van der Waals surface area contributed by atoms with E-state index in [0.717, 1.165) is 23.3 Å². The summed E-state index contributed by atoms with van der Waals surface area (Å²) in [5.74, 6) is 0. The number of hydrogen-bond acceptors (Lipinski definition) is 3. The Labute approximate surface area is 129 Å². The number of benzene rings is 1. The summed E-state index contributed by atoms with van der Waals surface area (Å²) in [6.07, 6.45) is 6.63. The van der Waals surface area contributed by atoms with Gasteiger partial charge in [-0.2, -0.15) is 5.10 Å². The standard InChI is InChI=1S/C18H18N4/c1-12-5-4-6-14-15(12)9-18(2,3)21-17(14)13-10-19-16-7-8-20-22(16)11-13/h4-8,10-11H,9H2,1-3H3. The predicted molar refractivity (Wildman–Crippen MR) is 87.6 cm³/mol. The lowest BCUT2D eigenvalue weighted by Crippen LogP contribution is -2.30. The van der Waals surface area contributed by atoms with Crippen molar-refractivity contribution >= 4 is 11.4 Å². The zero-order chi connectivity index (χ0) is 15.3. The second kappa shape index (κ2) is 4.50. The van der Waals surface area contributed by atoms with Gasteiger partial charge in [-0.1, -0.05) is 18.2 Å². The van der Waals surface area contributed by atoms with Crippen LogP contribution in [0.15, 0.2) is 47.8 Å². The van der Waals surface area contributed by atoms with Gasteiger partial charge in [0.05, 0.1) is 17.4 Å². The molecule has 3 heterocycles. The van der Waals surface area contributed by atoms with Crippen LogP contribution < -0.4 is 0 Å². The summed E-state index contributed by atoms with van der Waals surface area (Å²) in [4.78, 5) is 9.47. The van der Waals surface area contributed by atoms with E-state index < -0.39 is 0 Å². The summed E-state index contributed by atoms with van der Waals surface area (Å²) in [6.45, 7) is 6.54. The van der Waals surface area contributed by atoms with Gasteiger partial charge in [0.2, 0.25) is 0 Å². The van der Waals surface area contributed by atoms with Crippen molar-refractivity contribution in [3.8, 4) is 0 Å². The molecule has 1 aliphatic heterocycles. The van der Waals surface area contributed by atoms with Crippen molar-refractivity contribution in [2.24, 2.45) is 4.99 Å². The van der Waals surface area contributed by atoms with E-state index in [0.29, 0.717) is 0 Å². The molecule has 0 fully saturated rings. The molecule has 1 aliphatic rings. The maximum absolute atomic E-state index is 4.99. The van der Waals surface area contributed by atoms with Gasteiger partial charge in [0.25, 0.3) is 0 Å². The van der Waals surface area contributed by atoms with E-state index in [1.807, 2.05) is 18.5 Å². The molecule has 0 amide bonds. The van der Waals surface area contributed by atoms with Crippen LogP contribution in [0.25, 0.3) is 5.65 Å². The first-order chi connectivity index (χ1) is 10.5. The molecule has 3 aromatic rings. The fourth-order valence-corrected chi connectivity index (χ4v) is 3.15. The van der Waals surface area contributed by atoms with Gasteiger partial charge in [-0.3, -0.25) is 4.99 Å². The highest BCUT2D eigenvalue weighted by molar-refractivity contribution is 6.14. The van der Waals surface area contributed by atoms with Crippen molar-refractivity contribution in [2.75, 3.05) is 0 Å². The Morgan fingerprint density at radius 1 is 1.18 bits per heavy atom. The molecule has 0 spiro atoms. The molecule has 2 aromatic heterocycles. The lowest BCUT2D eigenvalue weighted by atomic mass is 9.83. The number of aliphatic imine (C=N–C) groups is 1. The van der Waals surface area contributed by atoms with Crippen molar-refractivity contribution in [1.29, 1.82) is 0 Å². The number of aromatic nitrogens is 3. The molecule has 4 nitrogen and oxygen atoms in total. The fourth-order valence-electron chi connectivity index (χ4n) is 3.15. The first-order valence-electron chi connectivity index (χ1n) is 7.52. The molecule has 0 bridgehead atoms. The van der Waals surface area contributed by atoms with Gasteiger partial charge in [-0.15, -0.1) is 0 Å². The Bertz CT molecular complexity index is 902. The van der Waals surface area contributed by atoms with Crippen LogP contribution in [0.5, 0.6) is 0 Å². The molecular weight excluding hydrogens is 272 g/mol. The number of rotatable bonds is 1. The molecule has 4 heteroatoms. The highest BCUT2D eigenvalue weighted by atomic mass is 15.2. The minimum atomic E-state index is -0.104. The number of fused-ring (bicyclic) bond motifs is 2. The van der Waals surface area contributed by atoms with Crippen LogP contribution in [0.3, 0.4) is 0 Å². The number of nitrogens with zero attached hydrogens (tertiary/aromatic N) is 4. The monoisotopic (exact) mass is 290 g/mol. The van der Waals surface area contributed by atoms with Gasteiger partial charge in [-0.25, -0.2) is 9.50 Å². The minimum Gasteiger partial charge on any atom is -0.278 e. The molecule has 0 N–H and O–H groups in total. The quantitative estimate of drug-likeness (QED) is 0.690. The predicted octanol–water partition coefficient (Wildman–Crippen LogP) is 3.21. The van der Waals surface area contributed by atoms with Crippen molar-refractivity contribution in [3.63, 3.8) is 0 Å². The first-order valence-corrected chi connectivity index (χ1v) is 7.52.